The lowest BCUT2D eigenvalue weighted by atomic mass is 10.1. The van der Waals surface area contributed by atoms with E-state index in [4.69, 9.17) is 10.3 Å². The Bertz CT molecular complexity index is 319. The monoisotopic (exact) mass is 211 g/mol. The Balaban J connectivity index is 2.98. The van der Waals surface area contributed by atoms with Gasteiger partial charge in [-0.25, -0.2) is 0 Å². The molecule has 1 aliphatic rings. The summed E-state index contributed by atoms with van der Waals surface area (Å²) < 4.78 is 5.54. The molecule has 0 aromatic heterocycles. The van der Waals surface area contributed by atoms with Crippen molar-refractivity contribution < 1.29 is 14.3 Å². The highest BCUT2D eigenvalue weighted by atomic mass is 16.5. The molecule has 1 unspecified atom stereocenters. The van der Waals surface area contributed by atoms with Crippen LogP contribution in [0.5, 0.6) is 0 Å². The molecular formula is C10H17N3O2. The number of carbonyl (C=O) groups excluding carboxylic acids is 1. The fraction of sp³-hybridized carbons (Fsp3) is 0.800. The van der Waals surface area contributed by atoms with Crippen LogP contribution in [0.15, 0.2) is 0 Å². The topological polar surface area (TPSA) is 65.9 Å². The molecule has 0 N–H and O–H groups in total. The first-order valence-corrected chi connectivity index (χ1v) is 5.10. The summed E-state index contributed by atoms with van der Waals surface area (Å²) in [6.07, 6.45) is 0.827. The van der Waals surface area contributed by atoms with Gasteiger partial charge in [0.05, 0.1) is 12.6 Å². The van der Waals surface area contributed by atoms with Gasteiger partial charge in [0.2, 0.25) is 0 Å². The van der Waals surface area contributed by atoms with E-state index in [1.165, 1.54) is 6.92 Å². The molecule has 84 valence electrons. The minimum absolute atomic E-state index is 0.0594. The lowest BCUT2D eigenvalue weighted by Crippen LogP contribution is -2.50. The van der Waals surface area contributed by atoms with E-state index in [1.54, 1.807) is 4.90 Å². The predicted octanol–water partition coefficient (Wildman–Crippen LogP) is 1.05. The Hall–Kier alpha value is -1.19. The second-order valence-corrected chi connectivity index (χ2v) is 4.18. The Morgan fingerprint density at radius 2 is 2.27 bits per heavy atom. The average molecular weight is 211 g/mol. The van der Waals surface area contributed by atoms with Crippen molar-refractivity contribution in [1.29, 1.82) is 0 Å². The number of carbonyl (C=O) groups is 1. The summed E-state index contributed by atoms with van der Waals surface area (Å²) in [5, 5.41) is 0. The summed E-state index contributed by atoms with van der Waals surface area (Å²) in [5.41, 5.74) is 8.06. The first-order chi connectivity index (χ1) is 6.94. The highest BCUT2D eigenvalue weighted by molar-refractivity contribution is 6.35. The van der Waals surface area contributed by atoms with Gasteiger partial charge in [-0.1, -0.05) is 6.92 Å². The molecule has 15 heavy (non-hydrogen) atoms. The molecule has 1 heterocycles. The number of ether oxygens (including phenoxy) is 1. The van der Waals surface area contributed by atoms with Gasteiger partial charge < -0.3 is 10.3 Å². The van der Waals surface area contributed by atoms with Gasteiger partial charge >= 0.3 is 11.6 Å². The maximum atomic E-state index is 11.9. The molecule has 0 saturated carbocycles. The van der Waals surface area contributed by atoms with E-state index >= 15 is 0 Å². The number of hydrogen-bond donors (Lipinski definition) is 0. The van der Waals surface area contributed by atoms with Crippen molar-refractivity contribution in [3.8, 4) is 0 Å². The Kier molecular flexibility index (Phi) is 3.27. The van der Waals surface area contributed by atoms with Crippen LogP contribution in [0.1, 0.15) is 34.1 Å². The van der Waals surface area contributed by atoms with Crippen LogP contribution in [0.4, 0.5) is 0 Å². The lowest BCUT2D eigenvalue weighted by molar-refractivity contribution is -0.143. The summed E-state index contributed by atoms with van der Waals surface area (Å²) in [7, 11) is 0. The molecule has 1 aliphatic heterocycles. The van der Waals surface area contributed by atoms with Crippen LogP contribution in [-0.4, -0.2) is 39.7 Å². The number of nitrogens with zero attached hydrogens (tertiary/aromatic N) is 3. The van der Waals surface area contributed by atoms with Gasteiger partial charge in [0, 0.05) is 6.92 Å². The third kappa shape index (κ3) is 2.08. The van der Waals surface area contributed by atoms with Gasteiger partial charge in [-0.2, -0.15) is 4.79 Å². The summed E-state index contributed by atoms with van der Waals surface area (Å²) in [4.78, 5) is 16.5. The van der Waals surface area contributed by atoms with Crippen molar-refractivity contribution in [2.75, 3.05) is 6.61 Å². The van der Waals surface area contributed by atoms with E-state index in [-0.39, 0.29) is 17.7 Å². The average Bonchev–Trinajstić information content (AvgIpc) is 2.51. The third-order valence-corrected chi connectivity index (χ3v) is 2.72. The molecule has 1 fully saturated rings. The summed E-state index contributed by atoms with van der Waals surface area (Å²) in [5.74, 6) is -0.271. The van der Waals surface area contributed by atoms with Crippen molar-refractivity contribution in [3.05, 3.63) is 5.53 Å². The van der Waals surface area contributed by atoms with Crippen LogP contribution in [0.3, 0.4) is 0 Å². The predicted molar refractivity (Wildman–Crippen MR) is 55.3 cm³/mol. The van der Waals surface area contributed by atoms with Crippen LogP contribution < -0.4 is 0 Å². The second kappa shape index (κ2) is 4.13. The van der Waals surface area contributed by atoms with Gasteiger partial charge in [0.25, 0.3) is 0 Å². The number of rotatable bonds is 2. The van der Waals surface area contributed by atoms with Gasteiger partial charge in [-0.05, 0) is 20.3 Å². The zero-order valence-electron chi connectivity index (χ0n) is 9.65. The van der Waals surface area contributed by atoms with E-state index in [9.17, 15) is 4.79 Å². The Morgan fingerprint density at radius 3 is 2.73 bits per heavy atom. The summed E-state index contributed by atoms with van der Waals surface area (Å²) in [6, 6.07) is 0.0594. The van der Waals surface area contributed by atoms with Crippen molar-refractivity contribution in [2.45, 2.75) is 45.9 Å². The van der Waals surface area contributed by atoms with E-state index in [2.05, 4.69) is 4.79 Å². The fourth-order valence-corrected chi connectivity index (χ4v) is 1.81. The van der Waals surface area contributed by atoms with E-state index in [1.807, 2.05) is 20.8 Å². The lowest BCUT2D eigenvalue weighted by Gasteiger charge is -2.31. The van der Waals surface area contributed by atoms with Crippen LogP contribution >= 0.6 is 0 Å². The second-order valence-electron chi connectivity index (χ2n) is 4.18. The molecule has 0 aromatic rings. The van der Waals surface area contributed by atoms with E-state index < -0.39 is 5.72 Å². The summed E-state index contributed by atoms with van der Waals surface area (Å²) >= 11 is 0. The molecule has 1 atom stereocenters. The number of hydrogen-bond acceptors (Lipinski definition) is 2. The fourth-order valence-electron chi connectivity index (χ4n) is 1.81. The molecule has 0 aliphatic carbocycles. The minimum atomic E-state index is -0.621. The first kappa shape index (κ1) is 11.9. The van der Waals surface area contributed by atoms with Crippen LogP contribution in [0.25, 0.3) is 5.53 Å². The highest BCUT2D eigenvalue weighted by Crippen LogP contribution is 2.28. The van der Waals surface area contributed by atoms with Crippen LogP contribution in [0.2, 0.25) is 0 Å². The minimum Gasteiger partial charge on any atom is -0.361 e. The Labute approximate surface area is 89.6 Å². The quantitative estimate of drug-likeness (QED) is 0.389. The molecule has 5 heteroatoms. The summed E-state index contributed by atoms with van der Waals surface area (Å²) in [6.45, 7) is 7.70. The zero-order valence-corrected chi connectivity index (χ0v) is 9.65. The van der Waals surface area contributed by atoms with Crippen molar-refractivity contribution in [1.82, 2.24) is 4.90 Å². The third-order valence-electron chi connectivity index (χ3n) is 2.72. The largest absolute Gasteiger partial charge is 0.361 e. The van der Waals surface area contributed by atoms with E-state index in [0.717, 1.165) is 6.42 Å². The molecule has 1 saturated heterocycles. The van der Waals surface area contributed by atoms with Crippen molar-refractivity contribution >= 4 is 11.6 Å². The number of amides is 1. The molecule has 1 amide bonds. The standard InChI is InChI=1S/C10H17N3O2/c1-5-8-6-15-10(3,4)13(8)9(14)7(2)12-11/h8H,5-6H2,1-4H3. The SMILES string of the molecule is CCC1COC(C)(C)N1C(=O)C(C)=[N+]=[N-]. The van der Waals surface area contributed by atoms with Gasteiger partial charge in [-0.15, -0.1) is 0 Å². The molecule has 0 radical (unpaired) electrons. The molecule has 0 aromatic carbocycles. The molecule has 1 rings (SSSR count). The molecular weight excluding hydrogens is 194 g/mol. The van der Waals surface area contributed by atoms with Crippen molar-refractivity contribution in [3.63, 3.8) is 0 Å². The first-order valence-electron chi connectivity index (χ1n) is 5.10. The van der Waals surface area contributed by atoms with Gasteiger partial charge in [-0.3, -0.25) is 9.69 Å². The van der Waals surface area contributed by atoms with E-state index in [0.29, 0.717) is 6.61 Å². The molecule has 5 nitrogen and oxygen atoms in total. The normalized spacial score (nSPS) is 23.7. The maximum Gasteiger partial charge on any atom is 0.353 e. The van der Waals surface area contributed by atoms with Crippen LogP contribution in [-0.2, 0) is 9.53 Å². The molecule has 0 bridgehead atoms. The van der Waals surface area contributed by atoms with Crippen molar-refractivity contribution in [2.24, 2.45) is 0 Å². The smallest absolute Gasteiger partial charge is 0.353 e. The Morgan fingerprint density at radius 1 is 1.67 bits per heavy atom. The maximum absolute atomic E-state index is 11.9. The molecule has 0 spiro atoms. The highest BCUT2D eigenvalue weighted by Gasteiger charge is 2.45. The van der Waals surface area contributed by atoms with Gasteiger partial charge in [0.15, 0.2) is 0 Å². The zero-order chi connectivity index (χ0) is 11.6. The van der Waals surface area contributed by atoms with Crippen LogP contribution in [0, 0.1) is 0 Å². The van der Waals surface area contributed by atoms with Gasteiger partial charge in [0.1, 0.15) is 5.72 Å².